The van der Waals surface area contributed by atoms with Crippen LogP contribution >= 0.6 is 34.7 Å². The second kappa shape index (κ2) is 7.13. The standard InChI is InChI=1S/C13H12ClN5O5S2/c1-24-18-6(5-3-26-13(15)16-5)9(20)17-7-10(21)19-8(12(22)23)4(14)2-25-11(7)19/h3,7,11H,2H2,1H3,(H2,15,16)(H,17,20)(H,22,23)/b18-6-/t7?,11-/m1/s1. The monoisotopic (exact) mass is 417 g/mol. The molecule has 2 aliphatic rings. The summed E-state index contributed by atoms with van der Waals surface area (Å²) in [5.41, 5.74) is 5.37. The molecule has 2 aliphatic heterocycles. The number of fused-ring (bicyclic) bond motifs is 1. The number of nitrogens with two attached hydrogens (primary N) is 1. The van der Waals surface area contributed by atoms with E-state index in [1.165, 1.54) is 24.3 Å². The van der Waals surface area contributed by atoms with E-state index in [4.69, 9.17) is 17.3 Å². The number of anilines is 1. The number of thioether (sulfide) groups is 1. The predicted molar refractivity (Wildman–Crippen MR) is 95.6 cm³/mol. The molecule has 0 saturated carbocycles. The third-order valence-electron chi connectivity index (χ3n) is 3.57. The lowest BCUT2D eigenvalue weighted by Gasteiger charge is -2.48. The maximum atomic E-state index is 12.5. The van der Waals surface area contributed by atoms with Crippen LogP contribution in [0.2, 0.25) is 0 Å². The van der Waals surface area contributed by atoms with Gasteiger partial charge in [-0.3, -0.25) is 14.5 Å². The summed E-state index contributed by atoms with van der Waals surface area (Å²) in [7, 11) is 1.27. The molecule has 1 aromatic heterocycles. The number of nitrogens with one attached hydrogen (secondary N) is 1. The highest BCUT2D eigenvalue weighted by molar-refractivity contribution is 8.00. The van der Waals surface area contributed by atoms with Gasteiger partial charge in [0, 0.05) is 11.1 Å². The fraction of sp³-hybridized carbons (Fsp3) is 0.308. The normalized spacial score (nSPS) is 22.6. The van der Waals surface area contributed by atoms with Gasteiger partial charge in [-0.15, -0.1) is 23.1 Å². The number of nitrogen functional groups attached to an aromatic ring is 1. The minimum atomic E-state index is -1.29. The second-order valence-electron chi connectivity index (χ2n) is 5.11. The van der Waals surface area contributed by atoms with Crippen molar-refractivity contribution in [1.29, 1.82) is 0 Å². The van der Waals surface area contributed by atoms with Gasteiger partial charge in [0.15, 0.2) is 10.8 Å². The number of carbonyl (C=O) groups is 3. The topological polar surface area (TPSA) is 147 Å². The highest BCUT2D eigenvalue weighted by Gasteiger charge is 2.54. The van der Waals surface area contributed by atoms with E-state index in [0.717, 1.165) is 16.2 Å². The van der Waals surface area contributed by atoms with Gasteiger partial charge in [-0.1, -0.05) is 16.8 Å². The molecule has 26 heavy (non-hydrogen) atoms. The van der Waals surface area contributed by atoms with Crippen LogP contribution in [0.15, 0.2) is 21.3 Å². The van der Waals surface area contributed by atoms with Crippen LogP contribution in [-0.4, -0.2) is 62.8 Å². The quantitative estimate of drug-likeness (QED) is 0.345. The van der Waals surface area contributed by atoms with Crippen molar-refractivity contribution in [3.8, 4) is 0 Å². The lowest BCUT2D eigenvalue weighted by molar-refractivity contribution is -0.150. The van der Waals surface area contributed by atoms with Crippen molar-refractivity contribution in [3.63, 3.8) is 0 Å². The number of nitrogens with zero attached hydrogens (tertiary/aromatic N) is 3. The van der Waals surface area contributed by atoms with Crippen molar-refractivity contribution in [2.75, 3.05) is 18.6 Å². The number of amides is 2. The largest absolute Gasteiger partial charge is 0.477 e. The number of carbonyl (C=O) groups excluding carboxylic acids is 2. The highest BCUT2D eigenvalue weighted by atomic mass is 35.5. The lowest BCUT2D eigenvalue weighted by Crippen LogP contribution is -2.71. The number of carboxylic acid groups (broad SMARTS) is 1. The number of hydrogen-bond acceptors (Lipinski definition) is 9. The molecule has 3 rings (SSSR count). The zero-order chi connectivity index (χ0) is 19.0. The molecule has 2 amide bonds. The average Bonchev–Trinajstić information content (AvgIpc) is 3.02. The molecule has 0 aliphatic carbocycles. The summed E-state index contributed by atoms with van der Waals surface area (Å²) in [6.45, 7) is 0. The minimum absolute atomic E-state index is 0.0801. The summed E-state index contributed by atoms with van der Waals surface area (Å²) >= 11 is 8.28. The number of hydrogen-bond donors (Lipinski definition) is 3. The van der Waals surface area contributed by atoms with Gasteiger partial charge in [-0.25, -0.2) is 9.78 Å². The molecule has 1 saturated heterocycles. The number of rotatable bonds is 5. The van der Waals surface area contributed by atoms with Gasteiger partial charge < -0.3 is 21.0 Å². The Kier molecular flexibility index (Phi) is 5.07. The average molecular weight is 418 g/mol. The molecule has 3 heterocycles. The van der Waals surface area contributed by atoms with E-state index in [1.54, 1.807) is 0 Å². The van der Waals surface area contributed by atoms with Gasteiger partial charge in [0.1, 0.15) is 29.9 Å². The molecule has 0 aromatic carbocycles. The van der Waals surface area contributed by atoms with Crippen molar-refractivity contribution in [2.24, 2.45) is 5.16 Å². The molecule has 0 radical (unpaired) electrons. The number of aromatic nitrogens is 1. The Labute approximate surface area is 160 Å². The number of β-lactam (4-membered cyclic amide) rings is 1. The minimum Gasteiger partial charge on any atom is -0.477 e. The van der Waals surface area contributed by atoms with E-state index in [9.17, 15) is 19.5 Å². The molecule has 0 bridgehead atoms. The summed E-state index contributed by atoms with van der Waals surface area (Å²) in [5.74, 6) is -2.32. The Morgan fingerprint density at radius 2 is 2.31 bits per heavy atom. The zero-order valence-electron chi connectivity index (χ0n) is 13.1. The molecule has 1 unspecified atom stereocenters. The van der Waals surface area contributed by atoms with Crippen LogP contribution < -0.4 is 11.1 Å². The molecule has 10 nitrogen and oxygen atoms in total. The predicted octanol–water partition coefficient (Wildman–Crippen LogP) is 0.0107. The van der Waals surface area contributed by atoms with E-state index in [1.807, 2.05) is 0 Å². The Balaban J connectivity index is 1.78. The summed E-state index contributed by atoms with van der Waals surface area (Å²) in [6.07, 6.45) is 0. The SMILES string of the molecule is CO/N=C(\C(=O)NC1C(=O)N2C(C(=O)O)=C(Cl)CS[C@H]12)c1csc(N)n1. The summed E-state index contributed by atoms with van der Waals surface area (Å²) in [6, 6.07) is -0.912. The fourth-order valence-electron chi connectivity index (χ4n) is 2.48. The second-order valence-corrected chi connectivity index (χ2v) is 7.56. The number of oxime groups is 1. The van der Waals surface area contributed by atoms with Crippen LogP contribution in [0, 0.1) is 0 Å². The molecule has 138 valence electrons. The summed E-state index contributed by atoms with van der Waals surface area (Å²) in [4.78, 5) is 45.9. The first kappa shape index (κ1) is 18.5. The van der Waals surface area contributed by atoms with E-state index >= 15 is 0 Å². The smallest absolute Gasteiger partial charge is 0.353 e. The lowest BCUT2D eigenvalue weighted by atomic mass is 10.0. The van der Waals surface area contributed by atoms with Gasteiger partial charge in [-0.2, -0.15) is 0 Å². The van der Waals surface area contributed by atoms with Gasteiger partial charge in [0.05, 0.1) is 5.03 Å². The summed E-state index contributed by atoms with van der Waals surface area (Å²) < 4.78 is 0. The Morgan fingerprint density at radius 1 is 1.58 bits per heavy atom. The number of halogens is 1. The van der Waals surface area contributed by atoms with Crippen LogP contribution in [0.1, 0.15) is 5.69 Å². The fourth-order valence-corrected chi connectivity index (χ4v) is 4.58. The number of aliphatic carboxylic acids is 1. The van der Waals surface area contributed by atoms with E-state index < -0.39 is 29.2 Å². The maximum absolute atomic E-state index is 12.5. The Hall–Kier alpha value is -2.31. The van der Waals surface area contributed by atoms with Crippen molar-refractivity contribution in [2.45, 2.75) is 11.4 Å². The molecule has 1 aromatic rings. The first-order valence-corrected chi connectivity index (χ1v) is 9.35. The van der Waals surface area contributed by atoms with E-state index in [2.05, 4.69) is 20.3 Å². The van der Waals surface area contributed by atoms with Crippen LogP contribution in [0.25, 0.3) is 0 Å². The molecule has 2 atom stereocenters. The number of carboxylic acids is 1. The van der Waals surface area contributed by atoms with E-state index in [-0.39, 0.29) is 33.0 Å². The first-order valence-electron chi connectivity index (χ1n) is 7.05. The van der Waals surface area contributed by atoms with Crippen LogP contribution in [-0.2, 0) is 19.2 Å². The maximum Gasteiger partial charge on any atom is 0.353 e. The van der Waals surface area contributed by atoms with Crippen LogP contribution in [0.5, 0.6) is 0 Å². The van der Waals surface area contributed by atoms with Crippen LogP contribution in [0.3, 0.4) is 0 Å². The van der Waals surface area contributed by atoms with Crippen LogP contribution in [0.4, 0.5) is 5.13 Å². The number of thiazole rings is 1. The molecule has 1 fully saturated rings. The molecule has 13 heteroatoms. The van der Waals surface area contributed by atoms with Crippen molar-refractivity contribution < 1.29 is 24.3 Å². The van der Waals surface area contributed by atoms with Crippen molar-refractivity contribution in [3.05, 3.63) is 21.8 Å². The van der Waals surface area contributed by atoms with Crippen molar-refractivity contribution >= 4 is 63.3 Å². The van der Waals surface area contributed by atoms with Gasteiger partial charge >= 0.3 is 5.97 Å². The van der Waals surface area contributed by atoms with Gasteiger partial charge in [0.2, 0.25) is 0 Å². The van der Waals surface area contributed by atoms with Gasteiger partial charge in [-0.05, 0) is 0 Å². The first-order chi connectivity index (χ1) is 12.3. The molecular weight excluding hydrogens is 406 g/mol. The third kappa shape index (κ3) is 3.10. The van der Waals surface area contributed by atoms with E-state index in [0.29, 0.717) is 0 Å². The molecule has 4 N–H and O–H groups in total. The Bertz CT molecular complexity index is 854. The Morgan fingerprint density at radius 3 is 2.88 bits per heavy atom. The highest BCUT2D eigenvalue weighted by Crippen LogP contribution is 2.41. The van der Waals surface area contributed by atoms with Crippen molar-refractivity contribution in [1.82, 2.24) is 15.2 Å². The zero-order valence-corrected chi connectivity index (χ0v) is 15.5. The molecule has 0 spiro atoms. The van der Waals surface area contributed by atoms with Gasteiger partial charge in [0.25, 0.3) is 11.8 Å². The molecular formula is C13H12ClN5O5S2. The third-order valence-corrected chi connectivity index (χ3v) is 6.00. The summed E-state index contributed by atoms with van der Waals surface area (Å²) in [5, 5.41) is 16.7.